The first-order valence-electron chi connectivity index (χ1n) is 28.0. The second kappa shape index (κ2) is 17.8. The molecule has 7 atom stereocenters. The van der Waals surface area contributed by atoms with Gasteiger partial charge in [-0.05, 0) is 164 Å². The van der Waals surface area contributed by atoms with Crippen LogP contribution in [0.5, 0.6) is 0 Å². The van der Waals surface area contributed by atoms with Crippen molar-refractivity contribution < 1.29 is 0 Å². The van der Waals surface area contributed by atoms with Gasteiger partial charge in [-0.3, -0.25) is 0 Å². The van der Waals surface area contributed by atoms with E-state index in [-0.39, 0.29) is 17.5 Å². The highest BCUT2D eigenvalue weighted by molar-refractivity contribution is 6.03. The molecule has 0 spiro atoms. The number of allylic oxidation sites excluding steroid dienone is 19. The summed E-state index contributed by atoms with van der Waals surface area (Å²) in [6, 6.07) is 14.8. The maximum atomic E-state index is 2.89. The first-order chi connectivity index (χ1) is 35.0. The van der Waals surface area contributed by atoms with E-state index in [0.717, 1.165) is 70.6 Å². The number of hydrogen-bond acceptors (Lipinski definition) is 2. The first kappa shape index (κ1) is 45.7. The highest BCUT2D eigenvalue weighted by Crippen LogP contribution is 2.57. The van der Waals surface area contributed by atoms with Crippen LogP contribution in [0.15, 0.2) is 172 Å². The number of hydrogen-bond donors (Lipinski definition) is 0. The Kier molecular flexibility index (Phi) is 11.3. The second-order valence-electron chi connectivity index (χ2n) is 24.2. The summed E-state index contributed by atoms with van der Waals surface area (Å²) in [6.07, 6.45) is 57.6. The van der Waals surface area contributed by atoms with Gasteiger partial charge >= 0.3 is 0 Å². The summed E-state index contributed by atoms with van der Waals surface area (Å²) in [5, 5.41) is 5.62. The molecule has 1 aliphatic heterocycles. The van der Waals surface area contributed by atoms with E-state index in [4.69, 9.17) is 0 Å². The molecule has 0 radical (unpaired) electrons. The van der Waals surface area contributed by atoms with Gasteiger partial charge in [0.05, 0.1) is 17.8 Å². The van der Waals surface area contributed by atoms with Crippen molar-refractivity contribution in [1.82, 2.24) is 4.90 Å². The van der Waals surface area contributed by atoms with Crippen LogP contribution in [0.3, 0.4) is 0 Å². The van der Waals surface area contributed by atoms with Gasteiger partial charge in [0.2, 0.25) is 0 Å². The van der Waals surface area contributed by atoms with Crippen LogP contribution in [-0.2, 0) is 0 Å². The van der Waals surface area contributed by atoms with Gasteiger partial charge in [0, 0.05) is 51.5 Å². The fraction of sp³-hybridized carbons (Fsp3) is 0.371. The van der Waals surface area contributed by atoms with E-state index in [2.05, 4.69) is 204 Å². The zero-order valence-electron chi connectivity index (χ0n) is 44.1. The molecule has 9 aliphatic carbocycles. The smallest absolute Gasteiger partial charge is 0.0583 e. The maximum absolute atomic E-state index is 2.89. The van der Waals surface area contributed by atoms with E-state index >= 15 is 0 Å². The van der Waals surface area contributed by atoms with Gasteiger partial charge in [-0.1, -0.05) is 189 Å². The third-order valence-electron chi connectivity index (χ3n) is 18.5. The molecule has 0 N–H and O–H groups in total. The Labute approximate surface area is 430 Å². The zero-order chi connectivity index (χ0) is 49.0. The Morgan fingerprint density at radius 1 is 0.694 bits per heavy atom. The van der Waals surface area contributed by atoms with Crippen LogP contribution < -0.4 is 15.3 Å². The third kappa shape index (κ3) is 7.64. The lowest BCUT2D eigenvalue weighted by molar-refractivity contribution is 0.356. The molecular weight excluding hydrogens is 869 g/mol. The molecule has 13 rings (SSSR count). The fourth-order valence-electron chi connectivity index (χ4n) is 15.1. The van der Waals surface area contributed by atoms with E-state index < -0.39 is 0 Å². The molecule has 3 aromatic carbocycles. The fourth-order valence-corrected chi connectivity index (χ4v) is 15.1. The van der Waals surface area contributed by atoms with Crippen molar-refractivity contribution in [2.45, 2.75) is 143 Å². The summed E-state index contributed by atoms with van der Waals surface area (Å²) >= 11 is 0. The maximum Gasteiger partial charge on any atom is 0.0583 e. The molecule has 2 nitrogen and oxygen atoms in total. The lowest BCUT2D eigenvalue weighted by Gasteiger charge is -2.48. The van der Waals surface area contributed by atoms with Crippen molar-refractivity contribution >= 4 is 46.0 Å². The van der Waals surface area contributed by atoms with Gasteiger partial charge in [-0.15, -0.1) is 0 Å². The highest BCUT2D eigenvalue weighted by atomic mass is 15.2. The minimum absolute atomic E-state index is 0.108. The minimum Gasteiger partial charge on any atom is -0.337 e. The molecule has 6 bridgehead atoms. The SMILES string of the molecule is CC1=CCC(N2C3=CC=CC(C3)N(c3c4c(c(C5=CC=CCC5)c5ccccc35)=CCCC=4)C3=CCCC(=C3)CC(C3=C(C)CC(C)C=C3)C3C=C2c2ccc4c5c2C3C=CC5CC(C(C)(C)C)=C4)C(C)=C1. The van der Waals surface area contributed by atoms with E-state index in [1.165, 1.54) is 77.4 Å². The van der Waals surface area contributed by atoms with Crippen molar-refractivity contribution in [2.24, 2.45) is 23.2 Å². The van der Waals surface area contributed by atoms with Crippen molar-refractivity contribution in [3.8, 4) is 0 Å². The number of nitrogens with zero attached hydrogens (tertiary/aromatic N) is 2. The van der Waals surface area contributed by atoms with E-state index in [9.17, 15) is 0 Å². The van der Waals surface area contributed by atoms with Crippen LogP contribution in [0.2, 0.25) is 0 Å². The summed E-state index contributed by atoms with van der Waals surface area (Å²) in [7, 11) is 0. The van der Waals surface area contributed by atoms with Crippen molar-refractivity contribution in [3.05, 3.63) is 211 Å². The van der Waals surface area contributed by atoms with Gasteiger partial charge in [0.15, 0.2) is 0 Å². The predicted molar refractivity (Wildman–Crippen MR) is 307 cm³/mol. The summed E-state index contributed by atoms with van der Waals surface area (Å²) in [6.45, 7) is 16.8. The Balaban J connectivity index is 1.08. The molecule has 1 heterocycles. The topological polar surface area (TPSA) is 6.48 Å². The van der Waals surface area contributed by atoms with Crippen LogP contribution in [0.4, 0.5) is 5.69 Å². The summed E-state index contributed by atoms with van der Waals surface area (Å²) < 4.78 is 0. The first-order valence-corrected chi connectivity index (χ1v) is 28.0. The molecule has 364 valence electrons. The quantitative estimate of drug-likeness (QED) is 0.241. The van der Waals surface area contributed by atoms with Crippen LogP contribution in [-0.4, -0.2) is 17.0 Å². The van der Waals surface area contributed by atoms with Gasteiger partial charge in [0.25, 0.3) is 0 Å². The lowest BCUT2D eigenvalue weighted by atomic mass is 9.61. The molecule has 2 heteroatoms. The largest absolute Gasteiger partial charge is 0.337 e. The molecule has 10 aliphatic rings. The average molecular weight is 943 g/mol. The summed E-state index contributed by atoms with van der Waals surface area (Å²) in [4.78, 5) is 5.74. The molecule has 3 aromatic rings. The minimum atomic E-state index is 0.108. The Morgan fingerprint density at radius 2 is 1.54 bits per heavy atom. The molecular formula is C70H74N2. The number of anilines is 1. The number of rotatable bonds is 4. The van der Waals surface area contributed by atoms with Crippen LogP contribution in [0.1, 0.15) is 159 Å². The Morgan fingerprint density at radius 3 is 2.35 bits per heavy atom. The van der Waals surface area contributed by atoms with Crippen molar-refractivity contribution in [3.63, 3.8) is 0 Å². The van der Waals surface area contributed by atoms with Crippen molar-refractivity contribution in [1.29, 1.82) is 0 Å². The lowest BCUT2D eigenvalue weighted by Crippen LogP contribution is -2.44. The second-order valence-corrected chi connectivity index (χ2v) is 24.2. The van der Waals surface area contributed by atoms with Gasteiger partial charge in [-0.25, -0.2) is 0 Å². The molecule has 0 saturated carbocycles. The zero-order valence-corrected chi connectivity index (χ0v) is 44.1. The van der Waals surface area contributed by atoms with Gasteiger partial charge < -0.3 is 9.80 Å². The normalized spacial score (nSPS) is 28.3. The average Bonchev–Trinajstić information content (AvgIpc) is 3.38. The molecule has 7 unspecified atom stereocenters. The van der Waals surface area contributed by atoms with Crippen LogP contribution >= 0.6 is 0 Å². The van der Waals surface area contributed by atoms with Crippen LogP contribution in [0, 0.1) is 23.2 Å². The highest BCUT2D eigenvalue weighted by Gasteiger charge is 2.45. The number of benzene rings is 3. The van der Waals surface area contributed by atoms with Crippen LogP contribution in [0.25, 0.3) is 40.3 Å². The Bertz CT molecular complexity index is 3400. The molecule has 0 fully saturated rings. The van der Waals surface area contributed by atoms with Gasteiger partial charge in [-0.2, -0.15) is 0 Å². The summed E-state index contributed by atoms with van der Waals surface area (Å²) in [5.74, 6) is 1.88. The number of fused-ring (bicyclic) bond motifs is 8. The monoisotopic (exact) mass is 943 g/mol. The summed E-state index contributed by atoms with van der Waals surface area (Å²) in [5.41, 5.74) is 24.0. The van der Waals surface area contributed by atoms with Gasteiger partial charge in [0.1, 0.15) is 0 Å². The Hall–Kier alpha value is -6.12. The molecule has 0 saturated heterocycles. The van der Waals surface area contributed by atoms with E-state index in [1.807, 2.05) is 0 Å². The third-order valence-corrected chi connectivity index (χ3v) is 18.5. The molecule has 0 aromatic heterocycles. The molecule has 0 amide bonds. The van der Waals surface area contributed by atoms with Crippen molar-refractivity contribution in [2.75, 3.05) is 4.90 Å². The standard InChI is InChI=1S/C70H74N2/c1-43-27-31-55(45(3)35-43)62-38-47-17-15-20-52(37-47)71(69-59-25-13-11-23-56(59)67(48-18-9-8-10-19-48)57-24-12-14-26-60(57)69)53-21-16-22-54(41-53)72(64-34-28-44(2)36-46(64)4)65-42-63(62)58-32-29-49-39-51(70(5,6)7)40-50-30-33-61(65)68(58)66(49)50/h8-9,11,13,16,18,20-33,36-37,40,42-43,49,53,58,62-64H,10,12,14-15,17,19,34-35,38-39,41H2,1-7H3. The molecule has 72 heavy (non-hydrogen) atoms. The van der Waals surface area contributed by atoms with E-state index in [1.54, 1.807) is 33.4 Å². The predicted octanol–water partition coefficient (Wildman–Crippen LogP) is 16.7. The van der Waals surface area contributed by atoms with E-state index in [0.29, 0.717) is 29.6 Å².